The van der Waals surface area contributed by atoms with Gasteiger partial charge in [-0.15, -0.1) is 5.50 Å². The second-order valence-electron chi connectivity index (χ2n) is 1.80. The van der Waals surface area contributed by atoms with Gasteiger partial charge in [-0.2, -0.15) is 0 Å². The Morgan fingerprint density at radius 3 is 2.20 bits per heavy atom. The predicted octanol–water partition coefficient (Wildman–Crippen LogP) is 1.67. The van der Waals surface area contributed by atoms with Crippen LogP contribution in [0.4, 0.5) is 0 Å². The zero-order chi connectivity index (χ0) is 7.56. The van der Waals surface area contributed by atoms with Gasteiger partial charge in [-0.3, -0.25) is 0 Å². The van der Waals surface area contributed by atoms with Crippen molar-refractivity contribution in [2.75, 3.05) is 0 Å². The minimum Gasteiger partial charge on any atom is -0.117 e. The summed E-state index contributed by atoms with van der Waals surface area (Å²) in [5.74, 6) is 0. The molecule has 0 aliphatic rings. The molecule has 0 fully saturated rings. The Morgan fingerprint density at radius 1 is 1.30 bits per heavy atom. The van der Waals surface area contributed by atoms with Crippen LogP contribution in [-0.2, 0) is 4.57 Å². The Bertz CT molecular complexity index is 246. The van der Waals surface area contributed by atoms with E-state index in [0.29, 0.717) is 10.3 Å². The van der Waals surface area contributed by atoms with E-state index < -0.39 is 7.95 Å². The smallest absolute Gasteiger partial charge is 0.117 e. The van der Waals surface area contributed by atoms with E-state index in [1.807, 2.05) is 0 Å². The highest BCUT2D eigenvalue weighted by Crippen LogP contribution is 2.11. The van der Waals surface area contributed by atoms with Gasteiger partial charge in [-0.25, -0.2) is 0 Å². The Morgan fingerprint density at radius 2 is 1.80 bits per heavy atom. The number of halogens is 1. The molecule has 1 aromatic carbocycles. The van der Waals surface area contributed by atoms with Gasteiger partial charge in [0.05, 0.1) is 0 Å². The van der Waals surface area contributed by atoms with E-state index in [2.05, 4.69) is 0 Å². The maximum absolute atomic E-state index is 10.6. The van der Waals surface area contributed by atoms with E-state index in [1.165, 1.54) is 0 Å². The van der Waals surface area contributed by atoms with Crippen molar-refractivity contribution in [1.29, 1.82) is 0 Å². The molecule has 2 N–H and O–H groups in total. The second kappa shape index (κ2) is 3.11. The van der Waals surface area contributed by atoms with Crippen LogP contribution in [0.25, 0.3) is 0 Å². The number of hydrogen-bond donors (Lipinski definition) is 1. The van der Waals surface area contributed by atoms with Gasteiger partial charge >= 0.3 is 7.95 Å². The van der Waals surface area contributed by atoms with Gasteiger partial charge in [-0.05, 0) is 28.8 Å². The molecule has 0 aromatic heterocycles. The fourth-order valence-electron chi connectivity index (χ4n) is 0.588. The van der Waals surface area contributed by atoms with Crippen molar-refractivity contribution in [3.8, 4) is 0 Å². The molecule has 0 saturated heterocycles. The molecule has 10 heavy (non-hydrogen) atoms. The summed E-state index contributed by atoms with van der Waals surface area (Å²) >= 11 is 5.58. The van der Waals surface area contributed by atoms with Gasteiger partial charge in [0.25, 0.3) is 0 Å². The van der Waals surface area contributed by atoms with Crippen molar-refractivity contribution >= 4 is 24.9 Å². The highest BCUT2D eigenvalue weighted by Gasteiger charge is 2.11. The van der Waals surface area contributed by atoms with Crippen LogP contribution in [0, 0.1) is 0 Å². The molecule has 1 rings (SSSR count). The molecule has 0 spiro atoms. The number of rotatable bonds is 1. The van der Waals surface area contributed by atoms with Crippen LogP contribution >= 0.6 is 19.6 Å². The van der Waals surface area contributed by atoms with Crippen molar-refractivity contribution in [2.24, 2.45) is 5.50 Å². The lowest BCUT2D eigenvalue weighted by atomic mass is 10.4. The summed E-state index contributed by atoms with van der Waals surface area (Å²) in [4.78, 5) is 0. The topological polar surface area (TPSA) is 43.1 Å². The van der Waals surface area contributed by atoms with Gasteiger partial charge in [0, 0.05) is 5.02 Å². The SMILES string of the molecule is N[P+](=O)c1ccc(Cl)cc1. The zero-order valence-corrected chi connectivity index (χ0v) is 6.77. The third-order valence-corrected chi connectivity index (χ3v) is 2.14. The van der Waals surface area contributed by atoms with E-state index in [9.17, 15) is 4.57 Å². The summed E-state index contributed by atoms with van der Waals surface area (Å²) in [6, 6.07) is 6.63. The fraction of sp³-hybridized carbons (Fsp3) is 0. The van der Waals surface area contributed by atoms with Gasteiger partial charge in [-0.1, -0.05) is 11.6 Å². The Kier molecular flexibility index (Phi) is 2.39. The average Bonchev–Trinajstić information content (AvgIpc) is 1.88. The van der Waals surface area contributed by atoms with Crippen LogP contribution < -0.4 is 10.8 Å². The lowest BCUT2D eigenvalue weighted by Gasteiger charge is -1.84. The summed E-state index contributed by atoms with van der Waals surface area (Å²) in [5.41, 5.74) is 5.13. The lowest BCUT2D eigenvalue weighted by Crippen LogP contribution is -1.99. The first-order chi connectivity index (χ1) is 4.70. The molecule has 1 aromatic rings. The molecular weight excluding hydrogens is 168 g/mol. The standard InChI is InChI=1S/C6H6ClNOP/c7-5-1-3-6(4-2-5)10(8)9/h1-4H,(H2,8,9)/q+1. The molecule has 0 heterocycles. The van der Waals surface area contributed by atoms with Gasteiger partial charge in [0.1, 0.15) is 0 Å². The molecule has 1 atom stereocenters. The van der Waals surface area contributed by atoms with Crippen LogP contribution in [-0.4, -0.2) is 0 Å². The Hall–Kier alpha value is -0.430. The van der Waals surface area contributed by atoms with Gasteiger partial charge < -0.3 is 0 Å². The highest BCUT2D eigenvalue weighted by molar-refractivity contribution is 7.50. The molecule has 0 bridgehead atoms. The van der Waals surface area contributed by atoms with Crippen molar-refractivity contribution < 1.29 is 4.57 Å². The number of nitrogens with two attached hydrogens (primary N) is 1. The molecule has 0 aliphatic heterocycles. The van der Waals surface area contributed by atoms with Gasteiger partial charge in [0.2, 0.25) is 5.30 Å². The first-order valence-electron chi connectivity index (χ1n) is 2.67. The molecule has 0 radical (unpaired) electrons. The zero-order valence-electron chi connectivity index (χ0n) is 5.12. The van der Waals surface area contributed by atoms with E-state index >= 15 is 0 Å². The van der Waals surface area contributed by atoms with E-state index in [1.54, 1.807) is 24.3 Å². The number of benzene rings is 1. The Labute approximate surface area is 64.8 Å². The van der Waals surface area contributed by atoms with Crippen LogP contribution in [0.1, 0.15) is 0 Å². The summed E-state index contributed by atoms with van der Waals surface area (Å²) in [6.07, 6.45) is 0. The third kappa shape index (κ3) is 1.77. The number of hydrogen-bond acceptors (Lipinski definition) is 1. The van der Waals surface area contributed by atoms with Gasteiger partial charge in [0.15, 0.2) is 0 Å². The van der Waals surface area contributed by atoms with E-state index in [4.69, 9.17) is 17.1 Å². The highest BCUT2D eigenvalue weighted by atomic mass is 35.5. The summed E-state index contributed by atoms with van der Waals surface area (Å²) in [6.45, 7) is 0. The van der Waals surface area contributed by atoms with Crippen LogP contribution in [0.5, 0.6) is 0 Å². The molecule has 0 saturated carbocycles. The molecule has 4 heteroatoms. The van der Waals surface area contributed by atoms with Crippen LogP contribution in [0.3, 0.4) is 0 Å². The normalized spacial score (nSPS) is 11.2. The first-order valence-corrected chi connectivity index (χ1v) is 4.38. The predicted molar refractivity (Wildman–Crippen MR) is 42.9 cm³/mol. The minimum absolute atomic E-state index is 0.624. The second-order valence-corrected chi connectivity index (χ2v) is 3.41. The summed E-state index contributed by atoms with van der Waals surface area (Å²) < 4.78 is 10.6. The molecule has 2 nitrogen and oxygen atoms in total. The third-order valence-electron chi connectivity index (χ3n) is 1.08. The first kappa shape index (κ1) is 7.67. The quantitative estimate of drug-likeness (QED) is 0.658. The maximum Gasteiger partial charge on any atom is 0.468 e. The van der Waals surface area contributed by atoms with Crippen molar-refractivity contribution in [3.05, 3.63) is 29.3 Å². The van der Waals surface area contributed by atoms with Crippen LogP contribution in [0.2, 0.25) is 5.02 Å². The molecule has 1 unspecified atom stereocenters. The molecule has 52 valence electrons. The largest absolute Gasteiger partial charge is 0.468 e. The van der Waals surface area contributed by atoms with Crippen molar-refractivity contribution in [2.45, 2.75) is 0 Å². The maximum atomic E-state index is 10.6. The van der Waals surface area contributed by atoms with E-state index in [0.717, 1.165) is 0 Å². The molecule has 0 amide bonds. The summed E-state index contributed by atoms with van der Waals surface area (Å²) in [7, 11) is -1.72. The minimum atomic E-state index is -1.72. The monoisotopic (exact) mass is 174 g/mol. The van der Waals surface area contributed by atoms with E-state index in [-0.39, 0.29) is 0 Å². The summed E-state index contributed by atoms with van der Waals surface area (Å²) in [5, 5.41) is 1.25. The molecular formula is C6H6ClNOP+. The van der Waals surface area contributed by atoms with Crippen molar-refractivity contribution in [3.63, 3.8) is 0 Å². The van der Waals surface area contributed by atoms with Crippen LogP contribution in [0.15, 0.2) is 24.3 Å². The van der Waals surface area contributed by atoms with Crippen molar-refractivity contribution in [1.82, 2.24) is 0 Å². The Balaban J connectivity index is 3.00. The average molecular weight is 175 g/mol. The molecule has 0 aliphatic carbocycles. The lowest BCUT2D eigenvalue weighted by molar-refractivity contribution is 0.594. The fourth-order valence-corrected chi connectivity index (χ4v) is 1.16.